The molecule has 0 saturated heterocycles. The van der Waals surface area contributed by atoms with Gasteiger partial charge < -0.3 is 41.0 Å². The first-order chi connectivity index (χ1) is 31.7. The number of hydrogen-bond acceptors (Lipinski definition) is 16. The molecule has 2 aliphatic heterocycles. The fraction of sp³-hybridized carbons (Fsp3) is 0.417. The summed E-state index contributed by atoms with van der Waals surface area (Å²) < 4.78 is 73.8. The summed E-state index contributed by atoms with van der Waals surface area (Å²) in [5.74, 6) is 1.24. The normalized spacial score (nSPS) is 16.2. The topological polar surface area (TPSA) is 224 Å². The number of cyclic esters (lactones) is 2. The first-order valence-electron chi connectivity index (χ1n) is 21.7. The Hall–Kier alpha value is -6.80. The van der Waals surface area contributed by atoms with Crippen LogP contribution in [0.1, 0.15) is 112 Å². The molecule has 0 radical (unpaired) electrons. The monoisotopic (exact) mass is 942 g/mol. The van der Waals surface area contributed by atoms with Crippen molar-refractivity contribution in [2.24, 2.45) is 11.5 Å². The average Bonchev–Trinajstić information content (AvgIpc) is 3.21. The summed E-state index contributed by atoms with van der Waals surface area (Å²) in [6.45, 7) is 17.2. The number of aromatic nitrogens is 6. The molecular formula is C48H54F4N10O6. The molecule has 6 aromatic rings. The fourth-order valence-electron chi connectivity index (χ4n) is 7.56. The third kappa shape index (κ3) is 11.0. The van der Waals surface area contributed by atoms with E-state index in [1.165, 1.54) is 38.6 Å². The number of esters is 2. The van der Waals surface area contributed by atoms with E-state index >= 15 is 0 Å². The summed E-state index contributed by atoms with van der Waals surface area (Å²) in [5.41, 5.74) is 13.4. The van der Waals surface area contributed by atoms with Crippen molar-refractivity contribution >= 4 is 56.8 Å². The summed E-state index contributed by atoms with van der Waals surface area (Å²) in [5, 5.41) is 8.57. The van der Waals surface area contributed by atoms with Gasteiger partial charge in [-0.05, 0) is 128 Å². The van der Waals surface area contributed by atoms with Crippen LogP contribution in [0, 0.1) is 0 Å². The van der Waals surface area contributed by atoms with Gasteiger partial charge in [0, 0.05) is 48.7 Å². The minimum atomic E-state index is -2.66. The number of pyridine rings is 6. The van der Waals surface area contributed by atoms with E-state index in [4.69, 9.17) is 30.4 Å². The van der Waals surface area contributed by atoms with Crippen LogP contribution in [0.4, 0.5) is 40.8 Å². The number of alkyl halides is 4. The second-order valence-electron chi connectivity index (χ2n) is 19.2. The van der Waals surface area contributed by atoms with Crippen molar-refractivity contribution < 1.29 is 46.1 Å². The number of ether oxygens (including phenoxy) is 4. The van der Waals surface area contributed by atoms with Gasteiger partial charge in [0.2, 0.25) is 11.8 Å². The van der Waals surface area contributed by atoms with Gasteiger partial charge in [0.15, 0.2) is 12.2 Å². The van der Waals surface area contributed by atoms with E-state index in [1.54, 1.807) is 36.4 Å². The lowest BCUT2D eigenvalue weighted by Crippen LogP contribution is -2.36. The zero-order valence-corrected chi connectivity index (χ0v) is 39.3. The van der Waals surface area contributed by atoms with Gasteiger partial charge in [0.1, 0.15) is 34.5 Å². The predicted molar refractivity (Wildman–Crippen MR) is 247 cm³/mol. The van der Waals surface area contributed by atoms with Gasteiger partial charge in [-0.15, -0.1) is 0 Å². The minimum absolute atomic E-state index is 0.0579. The van der Waals surface area contributed by atoms with E-state index in [9.17, 15) is 27.2 Å². The third-order valence-corrected chi connectivity index (χ3v) is 11.0. The maximum absolute atomic E-state index is 13.0. The predicted octanol–water partition coefficient (Wildman–Crippen LogP) is 8.97. The minimum Gasteiger partial charge on any atom is -0.468 e. The molecule has 0 amide bonds. The fourth-order valence-corrected chi connectivity index (χ4v) is 7.56. The van der Waals surface area contributed by atoms with Crippen LogP contribution < -0.4 is 31.6 Å². The summed E-state index contributed by atoms with van der Waals surface area (Å²) in [6.07, 6.45) is -0.943. The zero-order valence-electron chi connectivity index (χ0n) is 39.3. The molecule has 0 aliphatic carbocycles. The van der Waals surface area contributed by atoms with E-state index in [1.807, 2.05) is 55.4 Å². The molecule has 68 heavy (non-hydrogen) atoms. The van der Waals surface area contributed by atoms with Crippen molar-refractivity contribution in [3.8, 4) is 11.8 Å². The number of nitrogens with two attached hydrogens (primary N) is 2. The van der Waals surface area contributed by atoms with E-state index in [-0.39, 0.29) is 11.8 Å². The number of halogens is 4. The van der Waals surface area contributed by atoms with Crippen LogP contribution in [-0.2, 0) is 33.4 Å². The summed E-state index contributed by atoms with van der Waals surface area (Å²) >= 11 is 0. The quantitative estimate of drug-likeness (QED) is 0.0663. The highest BCUT2D eigenvalue weighted by Gasteiger charge is 2.35. The van der Waals surface area contributed by atoms with Gasteiger partial charge in [-0.1, -0.05) is 0 Å². The van der Waals surface area contributed by atoms with Gasteiger partial charge in [-0.25, -0.2) is 57.1 Å². The molecule has 0 spiro atoms. The highest BCUT2D eigenvalue weighted by atomic mass is 19.3. The molecule has 2 aliphatic rings. The zero-order chi connectivity index (χ0) is 49.7. The molecule has 8 rings (SSSR count). The second kappa shape index (κ2) is 18.4. The molecule has 6 aromatic heterocycles. The molecule has 20 heteroatoms. The molecule has 0 unspecified atom stereocenters. The number of nitrogens with one attached hydrogen (secondary N) is 2. The van der Waals surface area contributed by atoms with Gasteiger partial charge >= 0.3 is 11.9 Å². The molecule has 8 heterocycles. The smallest absolute Gasteiger partial charge is 0.340 e. The van der Waals surface area contributed by atoms with Crippen molar-refractivity contribution in [2.45, 2.75) is 129 Å². The van der Waals surface area contributed by atoms with Crippen LogP contribution in [0.3, 0.4) is 0 Å². The van der Waals surface area contributed by atoms with Crippen molar-refractivity contribution in [3.63, 3.8) is 0 Å². The Balaban J connectivity index is 0.000000201. The van der Waals surface area contributed by atoms with Crippen LogP contribution in [0.5, 0.6) is 11.8 Å². The Morgan fingerprint density at radius 2 is 0.956 bits per heavy atom. The highest BCUT2D eigenvalue weighted by Crippen LogP contribution is 2.36. The Morgan fingerprint density at radius 1 is 0.588 bits per heavy atom. The number of anilines is 4. The largest absolute Gasteiger partial charge is 0.468 e. The number of rotatable bonds is 12. The number of hydrogen-bond donors (Lipinski definition) is 4. The SMILES string of the molecule is C[C@@H](Oc1ncc(C(C)(C)N)c2cc(Nc3ccc4c(n3)CC(C)(C)OC4=O)ncc12)C(F)F.C[C@H](Oc1ncc(C(C)(C)N)c2cc(Nc3ccc4c(n3)CC(C)(C)OC4=O)ncc12)C(F)F. The lowest BCUT2D eigenvalue weighted by atomic mass is 9.93. The highest BCUT2D eigenvalue weighted by molar-refractivity contribution is 5.94. The van der Waals surface area contributed by atoms with Gasteiger partial charge in [-0.3, -0.25) is 0 Å². The Kier molecular flexibility index (Phi) is 13.3. The van der Waals surface area contributed by atoms with Crippen LogP contribution >= 0.6 is 0 Å². The summed E-state index contributed by atoms with van der Waals surface area (Å²) in [4.78, 5) is 50.9. The van der Waals surface area contributed by atoms with E-state index < -0.39 is 59.3 Å². The third-order valence-electron chi connectivity index (χ3n) is 11.0. The second-order valence-corrected chi connectivity index (χ2v) is 19.2. The first-order valence-corrected chi connectivity index (χ1v) is 21.7. The van der Waals surface area contributed by atoms with Gasteiger partial charge in [-0.2, -0.15) is 0 Å². The van der Waals surface area contributed by atoms with Crippen molar-refractivity contribution in [1.29, 1.82) is 0 Å². The van der Waals surface area contributed by atoms with E-state index in [2.05, 4.69) is 40.5 Å². The van der Waals surface area contributed by atoms with Crippen LogP contribution in [0.15, 0.2) is 61.2 Å². The van der Waals surface area contributed by atoms with Gasteiger partial charge in [0.25, 0.3) is 12.9 Å². The summed E-state index contributed by atoms with van der Waals surface area (Å²) in [7, 11) is 0. The first kappa shape index (κ1) is 49.1. The summed E-state index contributed by atoms with van der Waals surface area (Å²) in [6, 6.07) is 10.2. The maximum Gasteiger partial charge on any atom is 0.340 e. The van der Waals surface area contributed by atoms with Crippen molar-refractivity contribution in [2.75, 3.05) is 10.6 Å². The molecule has 0 aromatic carbocycles. The number of carbonyl (C=O) groups excluding carboxylic acids is 2. The molecule has 2 atom stereocenters. The molecule has 0 fully saturated rings. The van der Waals surface area contributed by atoms with Crippen LogP contribution in [0.2, 0.25) is 0 Å². The standard InChI is InChI=1S/2C24H27F2N5O3/c2*1-12(20(25)26)33-21-15-10-28-19(8-14(15)16(11-29-21)24(4,5)27)31-18-7-6-13-17(30-18)9-23(2,3)34-22(13)32/h2*6-8,10-12,20H,9,27H2,1-5H3,(H,28,30,31)/t2*12-/m10/s1. The Labute approximate surface area is 390 Å². The van der Waals surface area contributed by atoms with E-state index in [0.29, 0.717) is 91.3 Å². The van der Waals surface area contributed by atoms with Crippen molar-refractivity contribution in [1.82, 2.24) is 29.9 Å². The molecule has 6 N–H and O–H groups in total. The number of fused-ring (bicyclic) bond motifs is 4. The molecule has 0 saturated carbocycles. The van der Waals surface area contributed by atoms with Crippen molar-refractivity contribution in [3.05, 3.63) is 94.8 Å². The molecule has 360 valence electrons. The number of carbonyl (C=O) groups is 2. The maximum atomic E-state index is 13.0. The molecule has 0 bridgehead atoms. The Morgan fingerprint density at radius 3 is 1.29 bits per heavy atom. The van der Waals surface area contributed by atoms with Gasteiger partial charge in [0.05, 0.1) is 33.3 Å². The number of nitrogens with zero attached hydrogens (tertiary/aromatic N) is 6. The molecule has 16 nitrogen and oxygen atoms in total. The average molecular weight is 943 g/mol. The van der Waals surface area contributed by atoms with E-state index in [0.717, 1.165) is 0 Å². The van der Waals surface area contributed by atoms with Crippen LogP contribution in [-0.4, -0.2) is 78.1 Å². The lowest BCUT2D eigenvalue weighted by Gasteiger charge is -2.30. The van der Waals surface area contributed by atoms with Crippen LogP contribution in [0.25, 0.3) is 21.5 Å². The lowest BCUT2D eigenvalue weighted by molar-refractivity contribution is -0.00835. The molecular weight excluding hydrogens is 889 g/mol. The Bertz CT molecular complexity index is 2710.